The number of hydrogen-bond donors (Lipinski definition) is 2. The van der Waals surface area contributed by atoms with Gasteiger partial charge in [-0.2, -0.15) is 13.2 Å². The molecule has 2 rings (SSSR count). The van der Waals surface area contributed by atoms with E-state index in [4.69, 9.17) is 9.47 Å². The molecule has 0 radical (unpaired) electrons. The molecule has 0 fully saturated rings. The fourth-order valence-electron chi connectivity index (χ4n) is 1.84. The molecule has 0 aliphatic carbocycles. The number of carbonyl (C=O) groups is 1. The van der Waals surface area contributed by atoms with Gasteiger partial charge in [0.05, 0.1) is 12.7 Å². The van der Waals surface area contributed by atoms with E-state index in [1.807, 2.05) is 0 Å². The molecule has 0 saturated carbocycles. The van der Waals surface area contributed by atoms with E-state index in [0.29, 0.717) is 11.5 Å². The quantitative estimate of drug-likeness (QED) is 0.812. The number of urea groups is 1. The Morgan fingerprint density at radius 3 is 2.25 bits per heavy atom. The van der Waals surface area contributed by atoms with Crippen LogP contribution < -0.4 is 20.1 Å². The van der Waals surface area contributed by atoms with Crippen molar-refractivity contribution in [1.82, 2.24) is 5.32 Å². The smallest absolute Gasteiger partial charge is 0.416 e. The molecule has 0 saturated heterocycles. The van der Waals surface area contributed by atoms with Crippen LogP contribution in [0.5, 0.6) is 11.5 Å². The molecule has 0 aliphatic rings. The number of benzene rings is 2. The van der Waals surface area contributed by atoms with Gasteiger partial charge in [0, 0.05) is 5.69 Å². The first-order valence-electron chi connectivity index (χ1n) is 6.88. The Bertz CT molecular complexity index is 688. The molecule has 8 heteroatoms. The number of carbonyl (C=O) groups excluding carboxylic acids is 1. The first-order chi connectivity index (χ1) is 11.4. The zero-order chi connectivity index (χ0) is 17.6. The molecule has 0 aromatic heterocycles. The number of ether oxygens (including phenoxy) is 2. The van der Waals surface area contributed by atoms with E-state index >= 15 is 0 Å². The number of para-hydroxylation sites is 2. The SMILES string of the molecule is COc1ccccc1OCNC(=O)Nc1ccc(C(F)(F)F)cc1. The lowest BCUT2D eigenvalue weighted by atomic mass is 10.2. The first-order valence-corrected chi connectivity index (χ1v) is 6.88. The number of halogens is 3. The molecule has 5 nitrogen and oxygen atoms in total. The Morgan fingerprint density at radius 2 is 1.67 bits per heavy atom. The van der Waals surface area contributed by atoms with Crippen molar-refractivity contribution in [1.29, 1.82) is 0 Å². The summed E-state index contributed by atoms with van der Waals surface area (Å²) < 4.78 is 47.8. The highest BCUT2D eigenvalue weighted by molar-refractivity contribution is 5.89. The third-order valence-electron chi connectivity index (χ3n) is 3.00. The normalized spacial score (nSPS) is 10.8. The minimum atomic E-state index is -4.41. The molecule has 0 aliphatic heterocycles. The van der Waals surface area contributed by atoms with Crippen LogP contribution in [0, 0.1) is 0 Å². The van der Waals surface area contributed by atoms with E-state index in [2.05, 4.69) is 10.6 Å². The number of methoxy groups -OCH3 is 1. The molecule has 2 aromatic carbocycles. The summed E-state index contributed by atoms with van der Waals surface area (Å²) in [7, 11) is 1.49. The molecule has 2 amide bonds. The van der Waals surface area contributed by atoms with Gasteiger partial charge in [-0.1, -0.05) is 12.1 Å². The van der Waals surface area contributed by atoms with Gasteiger partial charge in [-0.05, 0) is 36.4 Å². The number of anilines is 1. The third-order valence-corrected chi connectivity index (χ3v) is 3.00. The number of amides is 2. The van der Waals surface area contributed by atoms with Crippen molar-refractivity contribution in [3.8, 4) is 11.5 Å². The second kappa shape index (κ2) is 7.58. The second-order valence-corrected chi connectivity index (χ2v) is 4.65. The van der Waals surface area contributed by atoms with E-state index in [0.717, 1.165) is 12.1 Å². The Kier molecular flexibility index (Phi) is 5.51. The fraction of sp³-hybridized carbons (Fsp3) is 0.188. The molecular weight excluding hydrogens is 325 g/mol. The van der Waals surface area contributed by atoms with Crippen molar-refractivity contribution in [2.75, 3.05) is 19.2 Å². The summed E-state index contributed by atoms with van der Waals surface area (Å²) in [5, 5.41) is 4.83. The zero-order valence-corrected chi connectivity index (χ0v) is 12.7. The van der Waals surface area contributed by atoms with Gasteiger partial charge < -0.3 is 20.1 Å². The Balaban J connectivity index is 1.83. The van der Waals surface area contributed by atoms with Crippen LogP contribution in [-0.4, -0.2) is 19.9 Å². The summed E-state index contributed by atoms with van der Waals surface area (Å²) in [5.74, 6) is 0.970. The molecule has 2 N–H and O–H groups in total. The lowest BCUT2D eigenvalue weighted by Crippen LogP contribution is -2.32. The van der Waals surface area contributed by atoms with Gasteiger partial charge in [0.25, 0.3) is 0 Å². The standard InChI is InChI=1S/C16H15F3N2O3/c1-23-13-4-2-3-5-14(13)24-10-20-15(22)21-12-8-6-11(7-9-12)16(17,18)19/h2-9H,10H2,1H3,(H2,20,21,22). The van der Waals surface area contributed by atoms with Gasteiger partial charge in [-0.3, -0.25) is 0 Å². The summed E-state index contributed by atoms with van der Waals surface area (Å²) in [4.78, 5) is 11.7. The van der Waals surface area contributed by atoms with Crippen LogP contribution in [0.4, 0.5) is 23.7 Å². The predicted octanol–water partition coefficient (Wildman–Crippen LogP) is 3.87. The largest absolute Gasteiger partial charge is 0.493 e. The number of alkyl halides is 3. The summed E-state index contributed by atoms with van der Waals surface area (Å²) in [6.07, 6.45) is -4.41. The summed E-state index contributed by atoms with van der Waals surface area (Å²) >= 11 is 0. The van der Waals surface area contributed by atoms with Gasteiger partial charge in [0.15, 0.2) is 18.2 Å². The molecule has 0 unspecified atom stereocenters. The van der Waals surface area contributed by atoms with Crippen LogP contribution in [0.2, 0.25) is 0 Å². The van der Waals surface area contributed by atoms with E-state index in [1.54, 1.807) is 24.3 Å². The highest BCUT2D eigenvalue weighted by Crippen LogP contribution is 2.29. The van der Waals surface area contributed by atoms with Crippen molar-refractivity contribution in [2.45, 2.75) is 6.18 Å². The van der Waals surface area contributed by atoms with E-state index in [9.17, 15) is 18.0 Å². The topological polar surface area (TPSA) is 59.6 Å². The first kappa shape index (κ1) is 17.5. The second-order valence-electron chi connectivity index (χ2n) is 4.65. The van der Waals surface area contributed by atoms with Gasteiger partial charge in [-0.15, -0.1) is 0 Å². The average molecular weight is 340 g/mol. The van der Waals surface area contributed by atoms with Crippen molar-refractivity contribution in [2.24, 2.45) is 0 Å². The van der Waals surface area contributed by atoms with Gasteiger partial charge >= 0.3 is 12.2 Å². The van der Waals surface area contributed by atoms with Gasteiger partial charge in [0.2, 0.25) is 0 Å². The summed E-state index contributed by atoms with van der Waals surface area (Å²) in [6, 6.07) is 10.4. The zero-order valence-electron chi connectivity index (χ0n) is 12.7. The molecule has 0 spiro atoms. The lowest BCUT2D eigenvalue weighted by Gasteiger charge is -2.12. The van der Waals surface area contributed by atoms with Crippen LogP contribution in [0.15, 0.2) is 48.5 Å². The molecule has 0 heterocycles. The maximum atomic E-state index is 12.4. The van der Waals surface area contributed by atoms with E-state index < -0.39 is 17.8 Å². The molecule has 0 atom stereocenters. The van der Waals surface area contributed by atoms with Gasteiger partial charge in [0.1, 0.15) is 0 Å². The van der Waals surface area contributed by atoms with Crippen LogP contribution in [0.1, 0.15) is 5.56 Å². The minimum absolute atomic E-state index is 0.132. The lowest BCUT2D eigenvalue weighted by molar-refractivity contribution is -0.137. The fourth-order valence-corrected chi connectivity index (χ4v) is 1.84. The molecule has 24 heavy (non-hydrogen) atoms. The van der Waals surface area contributed by atoms with Gasteiger partial charge in [-0.25, -0.2) is 4.79 Å². The van der Waals surface area contributed by atoms with Crippen molar-refractivity contribution in [3.05, 3.63) is 54.1 Å². The number of rotatable bonds is 5. The Morgan fingerprint density at radius 1 is 1.04 bits per heavy atom. The van der Waals surface area contributed by atoms with Crippen LogP contribution in [0.25, 0.3) is 0 Å². The highest BCUT2D eigenvalue weighted by atomic mass is 19.4. The van der Waals surface area contributed by atoms with E-state index in [-0.39, 0.29) is 12.4 Å². The maximum absolute atomic E-state index is 12.4. The van der Waals surface area contributed by atoms with Crippen molar-refractivity contribution < 1.29 is 27.4 Å². The number of nitrogens with one attached hydrogen (secondary N) is 2. The molecule has 2 aromatic rings. The maximum Gasteiger partial charge on any atom is 0.416 e. The number of hydrogen-bond acceptors (Lipinski definition) is 3. The Labute approximate surface area is 136 Å². The average Bonchev–Trinajstić information content (AvgIpc) is 2.55. The third kappa shape index (κ3) is 4.80. The minimum Gasteiger partial charge on any atom is -0.493 e. The molecule has 0 bridgehead atoms. The summed E-state index contributed by atoms with van der Waals surface area (Å²) in [6.45, 7) is -0.132. The van der Waals surface area contributed by atoms with Crippen molar-refractivity contribution in [3.63, 3.8) is 0 Å². The van der Waals surface area contributed by atoms with Crippen LogP contribution >= 0.6 is 0 Å². The van der Waals surface area contributed by atoms with Crippen molar-refractivity contribution >= 4 is 11.7 Å². The monoisotopic (exact) mass is 340 g/mol. The molecular formula is C16H15F3N2O3. The Hall–Kier alpha value is -2.90. The highest BCUT2D eigenvalue weighted by Gasteiger charge is 2.29. The predicted molar refractivity (Wildman–Crippen MR) is 82.1 cm³/mol. The van der Waals surface area contributed by atoms with E-state index in [1.165, 1.54) is 19.2 Å². The van der Waals surface area contributed by atoms with Crippen LogP contribution in [0.3, 0.4) is 0 Å². The molecule has 128 valence electrons. The van der Waals surface area contributed by atoms with Crippen LogP contribution in [-0.2, 0) is 6.18 Å². The summed E-state index contributed by atoms with van der Waals surface area (Å²) in [5.41, 5.74) is -0.550.